The number of amides is 2. The van der Waals surface area contributed by atoms with Gasteiger partial charge in [-0.15, -0.1) is 24.9 Å². The summed E-state index contributed by atoms with van der Waals surface area (Å²) in [6.07, 6.45) is 6.54. The Morgan fingerprint density at radius 3 is 2.57 bits per heavy atom. The zero-order valence-corrected chi connectivity index (χ0v) is 25.1. The maximum absolute atomic E-state index is 14.7. The molecule has 5 rings (SSSR count). The largest absolute Gasteiger partial charge is 0.465 e. The molecule has 2 bridgehead atoms. The zero-order valence-electron chi connectivity index (χ0n) is 23.6. The van der Waals surface area contributed by atoms with E-state index in [2.05, 4.69) is 13.2 Å². The number of unbranched alkanes of at least 4 members (excludes halogenated alkanes) is 1. The van der Waals surface area contributed by atoms with Crippen LogP contribution in [0.15, 0.2) is 79.9 Å². The number of rotatable bonds is 13. The maximum atomic E-state index is 14.7. The molecule has 1 spiro atoms. The smallest absolute Gasteiger partial charge is 0.310 e. The van der Waals surface area contributed by atoms with Gasteiger partial charge in [-0.25, -0.2) is 0 Å². The number of fused-ring (bicyclic) bond motifs is 1. The number of nitrogens with zero attached hydrogens (tertiary/aromatic N) is 2. The highest BCUT2D eigenvalue weighted by Crippen LogP contribution is 2.67. The van der Waals surface area contributed by atoms with Crippen LogP contribution in [0.25, 0.3) is 0 Å². The lowest BCUT2D eigenvalue weighted by molar-refractivity contribution is -0.154. The van der Waals surface area contributed by atoms with Crippen LogP contribution in [0.4, 0.5) is 5.69 Å². The van der Waals surface area contributed by atoms with Crippen LogP contribution in [0.2, 0.25) is 5.02 Å². The van der Waals surface area contributed by atoms with Crippen LogP contribution in [-0.2, 0) is 25.5 Å². The lowest BCUT2D eigenvalue weighted by Crippen LogP contribution is -2.58. The van der Waals surface area contributed by atoms with Crippen molar-refractivity contribution >= 4 is 46.8 Å². The Kier molecular flexibility index (Phi) is 9.45. The average molecular weight is 609 g/mol. The minimum absolute atomic E-state index is 0.103. The molecule has 0 radical (unpaired) electrons. The minimum Gasteiger partial charge on any atom is -0.465 e. The predicted molar refractivity (Wildman–Crippen MR) is 166 cm³/mol. The van der Waals surface area contributed by atoms with Crippen molar-refractivity contribution in [3.05, 3.63) is 90.5 Å². The van der Waals surface area contributed by atoms with Gasteiger partial charge in [-0.05, 0) is 61.9 Å². The van der Waals surface area contributed by atoms with E-state index in [0.717, 1.165) is 12.0 Å². The number of carbonyl (C=O) groups is 3. The summed E-state index contributed by atoms with van der Waals surface area (Å²) in [6, 6.07) is 15.1. The van der Waals surface area contributed by atoms with Gasteiger partial charge in [-0.3, -0.25) is 14.4 Å². The number of likely N-dealkylation sites (tertiary alicyclic amines) is 1. The third-order valence-electron chi connectivity index (χ3n) is 8.68. The highest BCUT2D eigenvalue weighted by molar-refractivity contribution is 8.02. The molecule has 9 heteroatoms. The highest BCUT2D eigenvalue weighted by Gasteiger charge is 2.74. The third-order valence-corrected chi connectivity index (χ3v) is 10.9. The topological polar surface area (TPSA) is 87.1 Å². The van der Waals surface area contributed by atoms with Gasteiger partial charge in [0.25, 0.3) is 5.91 Å². The molecule has 222 valence electrons. The normalized spacial score (nSPS) is 26.5. The SMILES string of the molecule is C=CCCCOC(=O)[C@@H]1[C@H]2C(=O)N([C@@H](CO)Cc3ccccc3)C(C(=O)N(CC=C)c3ccc(Cl)cc3)C23CC[C@H]1S3. The van der Waals surface area contributed by atoms with E-state index < -0.39 is 28.7 Å². The van der Waals surface area contributed by atoms with Crippen LogP contribution in [0.5, 0.6) is 0 Å². The molecule has 6 atom stereocenters. The van der Waals surface area contributed by atoms with Crippen molar-refractivity contribution in [2.45, 2.75) is 54.2 Å². The third kappa shape index (κ3) is 5.52. The Bertz CT molecular complexity index is 1320. The standard InChI is InChI=1S/C33H37ClN2O5S/c1-3-5-9-19-41-32(40)27-26-16-17-33(42-26)28(27)30(38)36(25(21-37)20-22-10-7-6-8-11-22)29(33)31(39)35(18-4-2)24-14-12-23(34)13-15-24/h3-4,6-8,10-15,25-29,37H,1-2,5,9,16-21H2/t25-,26-,27+,28+,29?,33?/m1/s1. The lowest BCUT2D eigenvalue weighted by Gasteiger charge is -2.39. The van der Waals surface area contributed by atoms with E-state index in [0.29, 0.717) is 36.4 Å². The van der Waals surface area contributed by atoms with Crippen molar-refractivity contribution in [3.63, 3.8) is 0 Å². The summed E-state index contributed by atoms with van der Waals surface area (Å²) in [5, 5.41) is 11.1. The quantitative estimate of drug-likeness (QED) is 0.194. The van der Waals surface area contributed by atoms with Gasteiger partial charge in [0.15, 0.2) is 0 Å². The van der Waals surface area contributed by atoms with E-state index >= 15 is 0 Å². The number of aliphatic hydroxyl groups is 1. The number of ether oxygens (including phenoxy) is 1. The molecule has 42 heavy (non-hydrogen) atoms. The first-order valence-corrected chi connectivity index (χ1v) is 15.7. The van der Waals surface area contributed by atoms with Crippen LogP contribution in [-0.4, -0.2) is 69.6 Å². The second kappa shape index (κ2) is 13.1. The fraction of sp³-hybridized carbons (Fsp3) is 0.424. The number of esters is 1. The second-order valence-electron chi connectivity index (χ2n) is 11.1. The molecule has 3 saturated heterocycles. The molecule has 2 unspecified atom stereocenters. The molecule has 0 saturated carbocycles. The fourth-order valence-corrected chi connectivity index (χ4v) is 9.20. The molecule has 3 aliphatic heterocycles. The number of thioether (sulfide) groups is 1. The molecule has 2 aromatic carbocycles. The number of aliphatic hydroxyl groups excluding tert-OH is 1. The Morgan fingerprint density at radius 1 is 1.17 bits per heavy atom. The Hall–Kier alpha value is -3.07. The van der Waals surface area contributed by atoms with Crippen LogP contribution >= 0.6 is 23.4 Å². The van der Waals surface area contributed by atoms with Gasteiger partial charge < -0.3 is 19.6 Å². The summed E-state index contributed by atoms with van der Waals surface area (Å²) >= 11 is 7.73. The molecule has 0 aromatic heterocycles. The number of anilines is 1. The number of hydrogen-bond donors (Lipinski definition) is 1. The predicted octanol–water partition coefficient (Wildman–Crippen LogP) is 5.06. The number of hydrogen-bond acceptors (Lipinski definition) is 6. The summed E-state index contributed by atoms with van der Waals surface area (Å²) in [5.74, 6) is -2.25. The summed E-state index contributed by atoms with van der Waals surface area (Å²) in [6.45, 7) is 7.75. The van der Waals surface area contributed by atoms with Crippen LogP contribution in [0.3, 0.4) is 0 Å². The van der Waals surface area contributed by atoms with Crippen molar-refractivity contribution in [1.29, 1.82) is 0 Å². The number of benzene rings is 2. The summed E-state index contributed by atoms with van der Waals surface area (Å²) in [4.78, 5) is 45.9. The second-order valence-corrected chi connectivity index (χ2v) is 13.2. The molecule has 0 aliphatic carbocycles. The van der Waals surface area contributed by atoms with Gasteiger partial charge in [0.1, 0.15) is 6.04 Å². The molecule has 3 heterocycles. The highest BCUT2D eigenvalue weighted by atomic mass is 35.5. The molecular weight excluding hydrogens is 572 g/mol. The number of halogens is 1. The average Bonchev–Trinajstić information content (AvgIpc) is 3.65. The first-order chi connectivity index (χ1) is 20.4. The summed E-state index contributed by atoms with van der Waals surface area (Å²) < 4.78 is 4.87. The van der Waals surface area contributed by atoms with Crippen molar-refractivity contribution in [2.75, 3.05) is 24.7 Å². The van der Waals surface area contributed by atoms with Gasteiger partial charge in [0, 0.05) is 22.5 Å². The van der Waals surface area contributed by atoms with Gasteiger partial charge >= 0.3 is 5.97 Å². The number of carbonyl (C=O) groups excluding carboxylic acids is 3. The van der Waals surface area contributed by atoms with Gasteiger partial charge in [-0.1, -0.05) is 54.1 Å². The molecule has 2 amide bonds. The van der Waals surface area contributed by atoms with Crippen molar-refractivity contribution in [3.8, 4) is 0 Å². The molecule has 7 nitrogen and oxygen atoms in total. The zero-order chi connectivity index (χ0) is 29.9. The van der Waals surface area contributed by atoms with Gasteiger partial charge in [-0.2, -0.15) is 0 Å². The van der Waals surface area contributed by atoms with Gasteiger partial charge in [0.05, 0.1) is 35.8 Å². The summed E-state index contributed by atoms with van der Waals surface area (Å²) in [5.41, 5.74) is 1.58. The van der Waals surface area contributed by atoms with Crippen LogP contribution in [0.1, 0.15) is 31.2 Å². The van der Waals surface area contributed by atoms with E-state index in [9.17, 15) is 19.5 Å². The number of allylic oxidation sites excluding steroid dienone is 1. The van der Waals surface area contributed by atoms with E-state index in [4.69, 9.17) is 16.3 Å². The molecule has 3 aliphatic rings. The van der Waals surface area contributed by atoms with Crippen molar-refractivity contribution in [1.82, 2.24) is 4.90 Å². The van der Waals surface area contributed by atoms with E-state index in [1.165, 1.54) is 0 Å². The monoisotopic (exact) mass is 608 g/mol. The molecule has 1 N–H and O–H groups in total. The minimum atomic E-state index is -0.875. The van der Waals surface area contributed by atoms with Crippen molar-refractivity contribution in [2.24, 2.45) is 11.8 Å². The Balaban J connectivity index is 1.55. The van der Waals surface area contributed by atoms with E-state index in [-0.39, 0.29) is 42.8 Å². The fourth-order valence-electron chi connectivity index (χ4n) is 6.89. The van der Waals surface area contributed by atoms with E-state index in [1.807, 2.05) is 30.3 Å². The first kappa shape index (κ1) is 30.4. The molecule has 3 fully saturated rings. The first-order valence-electron chi connectivity index (χ1n) is 14.5. The van der Waals surface area contributed by atoms with Gasteiger partial charge in [0.2, 0.25) is 5.91 Å². The Labute approximate surface area is 256 Å². The lowest BCUT2D eigenvalue weighted by atomic mass is 9.71. The van der Waals surface area contributed by atoms with E-state index in [1.54, 1.807) is 58.0 Å². The summed E-state index contributed by atoms with van der Waals surface area (Å²) in [7, 11) is 0. The molecular formula is C33H37ClN2O5S. The maximum Gasteiger partial charge on any atom is 0.310 e. The van der Waals surface area contributed by atoms with Crippen molar-refractivity contribution < 1.29 is 24.2 Å². The molecule has 2 aromatic rings. The Morgan fingerprint density at radius 2 is 1.90 bits per heavy atom. The van der Waals surface area contributed by atoms with Crippen LogP contribution in [0, 0.1) is 11.8 Å². The van der Waals surface area contributed by atoms with Crippen LogP contribution < -0.4 is 4.90 Å².